The van der Waals surface area contributed by atoms with Gasteiger partial charge in [-0.1, -0.05) is 5.10 Å². The maximum atomic E-state index is 13.1. The Morgan fingerprint density at radius 1 is 1.21 bits per heavy atom. The van der Waals surface area contributed by atoms with Crippen LogP contribution in [-0.4, -0.2) is 37.5 Å². The van der Waals surface area contributed by atoms with Crippen LogP contribution in [0.1, 0.15) is 0 Å². The molecule has 124 valence electrons. The summed E-state index contributed by atoms with van der Waals surface area (Å²) in [7, 11) is 1.31. The quantitative estimate of drug-likeness (QED) is 0.674. The third-order valence-electron chi connectivity index (χ3n) is 3.28. The molecule has 0 aliphatic rings. The molecule has 0 saturated heterocycles. The number of fused-ring (bicyclic) bond motifs is 1. The number of ether oxygens (including phenoxy) is 1. The van der Waals surface area contributed by atoms with Crippen LogP contribution in [0.4, 0.5) is 4.39 Å². The second-order valence-electron chi connectivity index (χ2n) is 4.86. The van der Waals surface area contributed by atoms with Crippen molar-refractivity contribution in [3.8, 4) is 11.7 Å². The largest absolute Gasteiger partial charge is 0.461 e. The van der Waals surface area contributed by atoms with Crippen LogP contribution in [0.5, 0.6) is 6.01 Å². The fraction of sp³-hybridized carbons (Fsp3) is 0.214. The van der Waals surface area contributed by atoms with Crippen LogP contribution >= 0.6 is 0 Å². The first kappa shape index (κ1) is 15.7. The summed E-state index contributed by atoms with van der Waals surface area (Å²) in [5, 5.41) is 7.61. The van der Waals surface area contributed by atoms with E-state index < -0.39 is 17.1 Å². The van der Waals surface area contributed by atoms with Gasteiger partial charge in [0, 0.05) is 13.6 Å². The Morgan fingerprint density at radius 3 is 2.58 bits per heavy atom. The predicted molar refractivity (Wildman–Crippen MR) is 82.7 cm³/mol. The minimum atomic E-state index is -0.647. The number of aromatic nitrogens is 5. The molecule has 0 aliphatic carbocycles. The highest BCUT2D eigenvalue weighted by molar-refractivity contribution is 5.70. The Labute approximate surface area is 134 Å². The second kappa shape index (κ2) is 6.16. The lowest BCUT2D eigenvalue weighted by Gasteiger charge is -2.10. The molecule has 0 radical (unpaired) electrons. The number of nitrogens with two attached hydrogens (primary N) is 1. The van der Waals surface area contributed by atoms with Crippen molar-refractivity contribution in [3.63, 3.8) is 0 Å². The summed E-state index contributed by atoms with van der Waals surface area (Å²) in [6.07, 6.45) is 0. The van der Waals surface area contributed by atoms with Crippen molar-refractivity contribution in [2.45, 2.75) is 0 Å². The molecule has 9 nitrogen and oxygen atoms in total. The van der Waals surface area contributed by atoms with Gasteiger partial charge in [-0.3, -0.25) is 9.36 Å². The van der Waals surface area contributed by atoms with Crippen LogP contribution < -0.4 is 21.7 Å². The van der Waals surface area contributed by atoms with Crippen molar-refractivity contribution in [1.82, 2.24) is 24.3 Å². The molecular weight excluding hydrogens is 319 g/mol. The average molecular weight is 332 g/mol. The summed E-state index contributed by atoms with van der Waals surface area (Å²) >= 11 is 0. The molecule has 10 heteroatoms. The van der Waals surface area contributed by atoms with Crippen LogP contribution in [0.3, 0.4) is 0 Å². The SMILES string of the molecule is Cn1c(=O)c2nc(OCCN)nnc2n(-c2ccc(F)cc2)c1=O. The van der Waals surface area contributed by atoms with Crippen LogP contribution in [0.15, 0.2) is 33.9 Å². The highest BCUT2D eigenvalue weighted by atomic mass is 19.1. The van der Waals surface area contributed by atoms with E-state index in [-0.39, 0.29) is 30.3 Å². The minimum absolute atomic E-state index is 0.0465. The summed E-state index contributed by atoms with van der Waals surface area (Å²) in [6.45, 7) is 0.402. The summed E-state index contributed by atoms with van der Waals surface area (Å²) in [5.41, 5.74) is 4.23. The van der Waals surface area contributed by atoms with Gasteiger partial charge in [0.15, 0.2) is 11.2 Å². The Hall–Kier alpha value is -3.14. The second-order valence-corrected chi connectivity index (χ2v) is 4.86. The van der Waals surface area contributed by atoms with E-state index in [1.807, 2.05) is 0 Å². The molecule has 2 heterocycles. The third kappa shape index (κ3) is 2.63. The fourth-order valence-electron chi connectivity index (χ4n) is 2.12. The number of hydrogen-bond donors (Lipinski definition) is 1. The van der Waals surface area contributed by atoms with E-state index in [0.29, 0.717) is 5.69 Å². The molecule has 0 atom stereocenters. The first-order chi connectivity index (χ1) is 11.5. The van der Waals surface area contributed by atoms with E-state index in [4.69, 9.17) is 10.5 Å². The zero-order chi connectivity index (χ0) is 17.3. The van der Waals surface area contributed by atoms with Gasteiger partial charge in [-0.25, -0.2) is 13.8 Å². The van der Waals surface area contributed by atoms with Crippen molar-refractivity contribution in [2.75, 3.05) is 13.2 Å². The van der Waals surface area contributed by atoms with Gasteiger partial charge in [0.25, 0.3) is 5.56 Å². The summed E-state index contributed by atoms with van der Waals surface area (Å²) in [6, 6.07) is 5.05. The van der Waals surface area contributed by atoms with Crippen LogP contribution in [0.25, 0.3) is 16.9 Å². The maximum Gasteiger partial charge on any atom is 0.337 e. The Balaban J connectivity index is 2.31. The van der Waals surface area contributed by atoms with Gasteiger partial charge in [-0.15, -0.1) is 5.10 Å². The first-order valence-electron chi connectivity index (χ1n) is 6.98. The molecule has 0 unspecified atom stereocenters. The van der Waals surface area contributed by atoms with Gasteiger partial charge in [0.2, 0.25) is 0 Å². The standard InChI is InChI=1S/C14H13FN6O3/c1-20-12(22)10-11(18-19-13(17-10)24-7-6-16)21(14(20)23)9-4-2-8(15)3-5-9/h2-5H,6-7,16H2,1H3. The number of nitrogens with zero attached hydrogens (tertiary/aromatic N) is 5. The smallest absolute Gasteiger partial charge is 0.337 e. The van der Waals surface area contributed by atoms with Crippen molar-refractivity contribution in [2.24, 2.45) is 12.8 Å². The van der Waals surface area contributed by atoms with Gasteiger partial charge in [0.05, 0.1) is 5.69 Å². The molecule has 2 N–H and O–H groups in total. The van der Waals surface area contributed by atoms with Gasteiger partial charge in [-0.05, 0) is 24.3 Å². The Bertz CT molecular complexity index is 1010. The monoisotopic (exact) mass is 332 g/mol. The van der Waals surface area contributed by atoms with Crippen molar-refractivity contribution >= 4 is 11.2 Å². The van der Waals surface area contributed by atoms with Crippen LogP contribution in [0.2, 0.25) is 0 Å². The van der Waals surface area contributed by atoms with E-state index in [0.717, 1.165) is 9.13 Å². The topological polar surface area (TPSA) is 118 Å². The molecule has 0 fully saturated rings. The lowest BCUT2D eigenvalue weighted by Crippen LogP contribution is -2.38. The first-order valence-corrected chi connectivity index (χ1v) is 6.98. The van der Waals surface area contributed by atoms with Gasteiger partial charge >= 0.3 is 11.7 Å². The number of halogens is 1. The normalized spacial score (nSPS) is 11.0. The molecule has 3 rings (SSSR count). The van der Waals surface area contributed by atoms with E-state index in [2.05, 4.69) is 15.2 Å². The molecule has 0 bridgehead atoms. The van der Waals surface area contributed by atoms with Crippen LogP contribution in [-0.2, 0) is 7.05 Å². The summed E-state index contributed by atoms with van der Waals surface area (Å²) < 4.78 is 20.3. The number of hydrogen-bond acceptors (Lipinski definition) is 7. The third-order valence-corrected chi connectivity index (χ3v) is 3.28. The predicted octanol–water partition coefficient (Wildman–Crippen LogP) is -0.649. The zero-order valence-corrected chi connectivity index (χ0v) is 12.6. The molecular formula is C14H13FN6O3. The minimum Gasteiger partial charge on any atom is -0.461 e. The molecule has 1 aromatic carbocycles. The molecule has 24 heavy (non-hydrogen) atoms. The van der Waals surface area contributed by atoms with Crippen LogP contribution in [0, 0.1) is 5.82 Å². The van der Waals surface area contributed by atoms with Crippen molar-refractivity contribution in [3.05, 3.63) is 50.9 Å². The highest BCUT2D eigenvalue weighted by Crippen LogP contribution is 2.12. The lowest BCUT2D eigenvalue weighted by atomic mass is 10.3. The van der Waals surface area contributed by atoms with Crippen molar-refractivity contribution in [1.29, 1.82) is 0 Å². The van der Waals surface area contributed by atoms with Gasteiger partial charge in [0.1, 0.15) is 12.4 Å². The van der Waals surface area contributed by atoms with E-state index >= 15 is 0 Å². The van der Waals surface area contributed by atoms with Crippen molar-refractivity contribution < 1.29 is 9.13 Å². The fourth-order valence-corrected chi connectivity index (χ4v) is 2.12. The van der Waals surface area contributed by atoms with E-state index in [1.54, 1.807) is 0 Å². The molecule has 0 aliphatic heterocycles. The van der Waals surface area contributed by atoms with E-state index in [9.17, 15) is 14.0 Å². The Kier molecular flexibility index (Phi) is 4.04. The lowest BCUT2D eigenvalue weighted by molar-refractivity contribution is 0.299. The molecule has 0 amide bonds. The van der Waals surface area contributed by atoms with E-state index in [1.165, 1.54) is 31.3 Å². The molecule has 2 aromatic heterocycles. The molecule has 0 saturated carbocycles. The summed E-state index contributed by atoms with van der Waals surface area (Å²) in [5.74, 6) is -0.456. The van der Waals surface area contributed by atoms with Gasteiger partial charge < -0.3 is 10.5 Å². The Morgan fingerprint density at radius 2 is 1.92 bits per heavy atom. The highest BCUT2D eigenvalue weighted by Gasteiger charge is 2.16. The zero-order valence-electron chi connectivity index (χ0n) is 12.6. The average Bonchev–Trinajstić information content (AvgIpc) is 2.60. The molecule has 3 aromatic rings. The maximum absolute atomic E-state index is 13.1. The number of rotatable bonds is 4. The molecule has 0 spiro atoms. The van der Waals surface area contributed by atoms with Gasteiger partial charge in [-0.2, -0.15) is 4.98 Å². The number of benzene rings is 1. The summed E-state index contributed by atoms with van der Waals surface area (Å²) in [4.78, 5) is 28.7.